The van der Waals surface area contributed by atoms with Crippen molar-refractivity contribution >= 4 is 23.7 Å². The zero-order valence-corrected chi connectivity index (χ0v) is 20.4. The van der Waals surface area contributed by atoms with Crippen LogP contribution in [0, 0.1) is 0 Å². The van der Waals surface area contributed by atoms with Crippen LogP contribution in [0.15, 0.2) is 36.4 Å². The van der Waals surface area contributed by atoms with Crippen molar-refractivity contribution in [3.05, 3.63) is 42.0 Å². The number of hydrogen-bond donors (Lipinski definition) is 4. The second-order valence-corrected chi connectivity index (χ2v) is 8.45. The van der Waals surface area contributed by atoms with Gasteiger partial charge >= 0.3 is 5.97 Å². The highest BCUT2D eigenvalue weighted by Gasteiger charge is 2.28. The lowest BCUT2D eigenvalue weighted by Gasteiger charge is -2.25. The van der Waals surface area contributed by atoms with Gasteiger partial charge in [0, 0.05) is 19.4 Å². The molecule has 0 radical (unpaired) electrons. The molecule has 3 atom stereocenters. The van der Waals surface area contributed by atoms with Crippen LogP contribution in [-0.4, -0.2) is 62.1 Å². The molecule has 2 aliphatic rings. The summed E-state index contributed by atoms with van der Waals surface area (Å²) in [6.07, 6.45) is 5.92. The highest BCUT2D eigenvalue weighted by atomic mass is 16.5. The molecular formula is C25H36N4O6. The first-order chi connectivity index (χ1) is 16.8. The normalized spacial score (nSPS) is 21.3. The number of unbranched alkanes of at least 4 members (excludes halogenated alkanes) is 1. The minimum atomic E-state index is -0.868. The SMILES string of the molecule is COC(=O)C[C@@H]1CC=CCOc2ccc(cc2)C[C@H](NC(C)=O)C(=O)N[C@@H](CCCCN)C(=O)N1. The van der Waals surface area contributed by atoms with Crippen molar-refractivity contribution in [3.63, 3.8) is 0 Å². The molecule has 3 amide bonds. The van der Waals surface area contributed by atoms with Crippen molar-refractivity contribution in [2.75, 3.05) is 20.3 Å². The Morgan fingerprint density at radius 2 is 1.86 bits per heavy atom. The van der Waals surface area contributed by atoms with Crippen molar-refractivity contribution < 1.29 is 28.7 Å². The van der Waals surface area contributed by atoms with E-state index in [2.05, 4.69) is 16.0 Å². The van der Waals surface area contributed by atoms with Gasteiger partial charge in [-0.2, -0.15) is 0 Å². The highest BCUT2D eigenvalue weighted by Crippen LogP contribution is 2.15. The number of carbonyl (C=O) groups is 4. The van der Waals surface area contributed by atoms with E-state index in [1.54, 1.807) is 12.1 Å². The smallest absolute Gasteiger partial charge is 0.307 e. The lowest BCUT2D eigenvalue weighted by Crippen LogP contribution is -2.55. The Kier molecular flexibility index (Phi) is 11.8. The third-order valence-corrected chi connectivity index (χ3v) is 5.56. The third-order valence-electron chi connectivity index (χ3n) is 5.56. The van der Waals surface area contributed by atoms with Crippen LogP contribution in [0.4, 0.5) is 0 Å². The molecule has 2 heterocycles. The van der Waals surface area contributed by atoms with Gasteiger partial charge in [0.05, 0.1) is 13.5 Å². The molecule has 0 unspecified atom stereocenters. The standard InChI is InChI=1S/C25H36N4O6/c1-17(30)27-22-15-18-9-11-20(12-10-18)35-14-6-4-7-19(16-23(31)34-2)28-24(32)21(29-25(22)33)8-3-5-13-26/h4,6,9-12,19,21-22H,3,5,7-8,13-16,26H2,1-2H3,(H,27,30)(H,28,32)(H,29,33)/t19-,21-,22-/m0/s1. The molecule has 192 valence electrons. The number of methoxy groups -OCH3 is 1. The van der Waals surface area contributed by atoms with Crippen LogP contribution in [0.1, 0.15) is 44.6 Å². The molecular weight excluding hydrogens is 452 g/mol. The van der Waals surface area contributed by atoms with E-state index in [0.29, 0.717) is 44.6 Å². The first-order valence-electron chi connectivity index (χ1n) is 11.8. The molecule has 5 N–H and O–H groups in total. The maximum atomic E-state index is 13.2. The van der Waals surface area contributed by atoms with E-state index in [-0.39, 0.29) is 18.7 Å². The summed E-state index contributed by atoms with van der Waals surface area (Å²) >= 11 is 0. The zero-order chi connectivity index (χ0) is 25.6. The number of rotatable bonds is 7. The van der Waals surface area contributed by atoms with Gasteiger partial charge in [0.2, 0.25) is 17.7 Å². The summed E-state index contributed by atoms with van der Waals surface area (Å²) in [6, 6.07) is 5.01. The Labute approximate surface area is 206 Å². The van der Waals surface area contributed by atoms with Crippen molar-refractivity contribution in [2.24, 2.45) is 5.73 Å². The largest absolute Gasteiger partial charge is 0.490 e. The van der Waals surface area contributed by atoms with E-state index in [9.17, 15) is 19.2 Å². The second kappa shape index (κ2) is 14.8. The molecule has 2 bridgehead atoms. The molecule has 10 heteroatoms. The van der Waals surface area contributed by atoms with Crippen LogP contribution in [0.25, 0.3) is 0 Å². The van der Waals surface area contributed by atoms with Gasteiger partial charge in [0.25, 0.3) is 0 Å². The predicted octanol–water partition coefficient (Wildman–Crippen LogP) is 0.734. The Bertz CT molecular complexity index is 886. The molecule has 0 saturated heterocycles. The van der Waals surface area contributed by atoms with Crippen LogP contribution in [-0.2, 0) is 30.3 Å². The van der Waals surface area contributed by atoms with Crippen LogP contribution in [0.2, 0.25) is 0 Å². The fraction of sp³-hybridized carbons (Fsp3) is 0.520. The molecule has 1 aromatic carbocycles. The minimum absolute atomic E-state index is 0.0212. The summed E-state index contributed by atoms with van der Waals surface area (Å²) in [5, 5.41) is 8.32. The summed E-state index contributed by atoms with van der Waals surface area (Å²) in [6.45, 7) is 2.11. The van der Waals surface area contributed by atoms with Gasteiger partial charge in [-0.15, -0.1) is 0 Å². The van der Waals surface area contributed by atoms with Crippen LogP contribution in [0.5, 0.6) is 5.75 Å². The summed E-state index contributed by atoms with van der Waals surface area (Å²) in [7, 11) is 1.29. The van der Waals surface area contributed by atoms with Gasteiger partial charge in [0.1, 0.15) is 24.4 Å². The number of fused-ring (bicyclic) bond motifs is 13. The van der Waals surface area contributed by atoms with E-state index in [0.717, 1.165) is 5.56 Å². The number of esters is 1. The minimum Gasteiger partial charge on any atom is -0.490 e. The molecule has 2 aliphatic heterocycles. The van der Waals surface area contributed by atoms with Gasteiger partial charge in [0.15, 0.2) is 0 Å². The number of carbonyl (C=O) groups excluding carboxylic acids is 4. The number of amides is 3. The molecule has 0 fully saturated rings. The van der Waals surface area contributed by atoms with E-state index in [4.69, 9.17) is 15.2 Å². The van der Waals surface area contributed by atoms with Crippen LogP contribution in [0.3, 0.4) is 0 Å². The average Bonchev–Trinajstić information content (AvgIpc) is 2.82. The van der Waals surface area contributed by atoms with Gasteiger partial charge < -0.3 is 31.2 Å². The van der Waals surface area contributed by atoms with Crippen LogP contribution >= 0.6 is 0 Å². The molecule has 3 rings (SSSR count). The maximum Gasteiger partial charge on any atom is 0.307 e. The quantitative estimate of drug-likeness (QED) is 0.251. The van der Waals surface area contributed by atoms with Crippen molar-refractivity contribution in [3.8, 4) is 5.75 Å². The van der Waals surface area contributed by atoms with Gasteiger partial charge in [-0.1, -0.05) is 24.3 Å². The summed E-state index contributed by atoms with van der Waals surface area (Å²) in [5.41, 5.74) is 6.43. The fourth-order valence-electron chi connectivity index (χ4n) is 3.70. The monoisotopic (exact) mass is 488 g/mol. The van der Waals surface area contributed by atoms with Crippen molar-refractivity contribution in [1.29, 1.82) is 0 Å². The van der Waals surface area contributed by atoms with Gasteiger partial charge in [-0.05, 0) is 49.9 Å². The molecule has 0 aliphatic carbocycles. The predicted molar refractivity (Wildman–Crippen MR) is 130 cm³/mol. The summed E-state index contributed by atoms with van der Waals surface area (Å²) in [4.78, 5) is 50.0. The zero-order valence-electron chi connectivity index (χ0n) is 20.4. The highest BCUT2D eigenvalue weighted by molar-refractivity contribution is 5.92. The molecule has 0 aromatic heterocycles. The molecule has 10 nitrogen and oxygen atoms in total. The lowest BCUT2D eigenvalue weighted by molar-refractivity contribution is -0.141. The Balaban J connectivity index is 2.33. The topological polar surface area (TPSA) is 149 Å². The van der Waals surface area contributed by atoms with E-state index in [1.165, 1.54) is 14.0 Å². The second-order valence-electron chi connectivity index (χ2n) is 8.45. The fourth-order valence-corrected chi connectivity index (χ4v) is 3.70. The Hall–Kier alpha value is -3.40. The number of benzene rings is 1. The Morgan fingerprint density at radius 1 is 1.11 bits per heavy atom. The van der Waals surface area contributed by atoms with E-state index in [1.807, 2.05) is 24.3 Å². The summed E-state index contributed by atoms with van der Waals surface area (Å²) < 4.78 is 10.5. The van der Waals surface area contributed by atoms with Crippen LogP contribution < -0.4 is 26.4 Å². The maximum absolute atomic E-state index is 13.2. The lowest BCUT2D eigenvalue weighted by atomic mass is 10.0. The van der Waals surface area contributed by atoms with Gasteiger partial charge in [-0.3, -0.25) is 19.2 Å². The average molecular weight is 489 g/mol. The van der Waals surface area contributed by atoms with Gasteiger partial charge in [-0.25, -0.2) is 0 Å². The van der Waals surface area contributed by atoms with Crippen molar-refractivity contribution in [1.82, 2.24) is 16.0 Å². The summed E-state index contributed by atoms with van der Waals surface area (Å²) in [5.74, 6) is -1.04. The first-order valence-corrected chi connectivity index (χ1v) is 11.8. The Morgan fingerprint density at radius 3 is 2.51 bits per heavy atom. The first kappa shape index (κ1) is 27.8. The molecule has 35 heavy (non-hydrogen) atoms. The number of ether oxygens (including phenoxy) is 2. The number of hydrogen-bond acceptors (Lipinski definition) is 7. The molecule has 1 aromatic rings. The number of nitrogens with two attached hydrogens (primary N) is 1. The molecule has 0 saturated carbocycles. The van der Waals surface area contributed by atoms with Crippen molar-refractivity contribution in [2.45, 2.75) is 63.6 Å². The van der Waals surface area contributed by atoms with E-state index >= 15 is 0 Å². The molecule has 0 spiro atoms. The third kappa shape index (κ3) is 10.2. The van der Waals surface area contributed by atoms with E-state index < -0.39 is 35.9 Å². The number of nitrogens with one attached hydrogen (secondary N) is 3.